The summed E-state index contributed by atoms with van der Waals surface area (Å²) in [6.07, 6.45) is 1.72. The quantitative estimate of drug-likeness (QED) is 0.381. The molecule has 4 aromatic rings. The molecular formula is C24H28ClN3O4S. The van der Waals surface area contributed by atoms with Gasteiger partial charge in [-0.05, 0) is 67.9 Å². The van der Waals surface area contributed by atoms with Crippen LogP contribution in [0.15, 0.2) is 44.5 Å². The van der Waals surface area contributed by atoms with Crippen LogP contribution in [-0.2, 0) is 0 Å². The van der Waals surface area contributed by atoms with Crippen LogP contribution < -0.4 is 4.74 Å². The van der Waals surface area contributed by atoms with Crippen molar-refractivity contribution in [1.29, 1.82) is 0 Å². The fraction of sp³-hybridized carbons (Fsp3) is 0.417. The summed E-state index contributed by atoms with van der Waals surface area (Å²) < 4.78 is 17.3. The van der Waals surface area contributed by atoms with Gasteiger partial charge in [-0.15, -0.1) is 33.9 Å². The molecule has 33 heavy (non-hydrogen) atoms. The summed E-state index contributed by atoms with van der Waals surface area (Å²) >= 11 is 1.87. The van der Waals surface area contributed by atoms with Crippen molar-refractivity contribution in [3.8, 4) is 17.4 Å². The summed E-state index contributed by atoms with van der Waals surface area (Å²) in [7, 11) is 0. The van der Waals surface area contributed by atoms with Crippen molar-refractivity contribution in [2.75, 3.05) is 26.2 Å². The highest BCUT2D eigenvalue weighted by Crippen LogP contribution is 2.34. The third kappa shape index (κ3) is 5.24. The van der Waals surface area contributed by atoms with Gasteiger partial charge in [0.25, 0.3) is 5.89 Å². The standard InChI is InChI=1S/C24H27N3O4S.ClH/c1-15-8-11-32-23(15)17-6-9-27(10-7-17)13-18(28)14-29-20-4-3-5-21-19(20)12-22(31-21)24-26-25-16(2)30-24;/h3-5,8,11-12,17-18,28H,6-7,9-10,13-14H2,1-2H3;1H/t18-;/m0./s1. The maximum absolute atomic E-state index is 10.6. The van der Waals surface area contributed by atoms with E-state index in [9.17, 15) is 5.11 Å². The number of hydrogen-bond donors (Lipinski definition) is 1. The molecular weight excluding hydrogens is 462 g/mol. The first-order chi connectivity index (χ1) is 15.6. The number of rotatable bonds is 7. The predicted molar refractivity (Wildman–Crippen MR) is 130 cm³/mol. The van der Waals surface area contributed by atoms with Crippen molar-refractivity contribution in [3.63, 3.8) is 0 Å². The molecule has 1 saturated heterocycles. The lowest BCUT2D eigenvalue weighted by Gasteiger charge is -2.33. The lowest BCUT2D eigenvalue weighted by atomic mass is 9.93. The summed E-state index contributed by atoms with van der Waals surface area (Å²) in [4.78, 5) is 3.86. The van der Waals surface area contributed by atoms with E-state index in [0.717, 1.165) is 31.3 Å². The summed E-state index contributed by atoms with van der Waals surface area (Å²) in [5.41, 5.74) is 2.08. The number of thiophene rings is 1. The van der Waals surface area contributed by atoms with Crippen LogP contribution in [0.4, 0.5) is 0 Å². The number of aromatic nitrogens is 2. The molecule has 5 rings (SSSR count). The molecule has 1 fully saturated rings. The van der Waals surface area contributed by atoms with Crippen molar-refractivity contribution in [2.24, 2.45) is 0 Å². The molecule has 3 aromatic heterocycles. The number of β-amino-alcohol motifs (C(OH)–C–C–N with tert-alkyl or cyclic N) is 1. The molecule has 0 bridgehead atoms. The topological polar surface area (TPSA) is 84.8 Å². The number of furan rings is 1. The van der Waals surface area contributed by atoms with Gasteiger partial charge in [0.15, 0.2) is 5.76 Å². The van der Waals surface area contributed by atoms with Gasteiger partial charge in [-0.25, -0.2) is 0 Å². The van der Waals surface area contributed by atoms with Gasteiger partial charge in [0.05, 0.1) is 5.39 Å². The van der Waals surface area contributed by atoms with Crippen LogP contribution in [0.2, 0.25) is 0 Å². The van der Waals surface area contributed by atoms with Crippen molar-refractivity contribution in [1.82, 2.24) is 15.1 Å². The van der Waals surface area contributed by atoms with Crippen LogP contribution in [0.3, 0.4) is 0 Å². The van der Waals surface area contributed by atoms with Crippen LogP contribution in [0.1, 0.15) is 35.1 Å². The van der Waals surface area contributed by atoms with Gasteiger partial charge in [0.1, 0.15) is 24.0 Å². The van der Waals surface area contributed by atoms with E-state index in [2.05, 4.69) is 33.5 Å². The van der Waals surface area contributed by atoms with Gasteiger partial charge in [-0.1, -0.05) is 6.07 Å². The maximum atomic E-state index is 10.6. The Bertz CT molecular complexity index is 1200. The van der Waals surface area contributed by atoms with Crippen LogP contribution in [0.5, 0.6) is 5.75 Å². The number of nitrogens with zero attached hydrogens (tertiary/aromatic N) is 3. The average Bonchev–Trinajstić information content (AvgIpc) is 3.52. The van der Waals surface area contributed by atoms with E-state index in [0.29, 0.717) is 41.3 Å². The van der Waals surface area contributed by atoms with Crippen LogP contribution in [-0.4, -0.2) is 52.5 Å². The fourth-order valence-corrected chi connectivity index (χ4v) is 5.48. The largest absolute Gasteiger partial charge is 0.490 e. The second-order valence-electron chi connectivity index (χ2n) is 8.41. The van der Waals surface area contributed by atoms with Crippen LogP contribution in [0.25, 0.3) is 22.6 Å². The van der Waals surface area contributed by atoms with E-state index in [1.54, 1.807) is 6.92 Å². The highest BCUT2D eigenvalue weighted by Gasteiger charge is 2.24. The molecule has 0 spiro atoms. The Morgan fingerprint density at radius 3 is 2.70 bits per heavy atom. The molecule has 4 heterocycles. The average molecular weight is 490 g/mol. The third-order valence-corrected chi connectivity index (χ3v) is 7.20. The minimum absolute atomic E-state index is 0. The first-order valence-corrected chi connectivity index (χ1v) is 11.8. The summed E-state index contributed by atoms with van der Waals surface area (Å²) in [6, 6.07) is 9.65. The highest BCUT2D eigenvalue weighted by molar-refractivity contribution is 7.10. The number of halogens is 1. The summed E-state index contributed by atoms with van der Waals surface area (Å²) in [5, 5.41) is 21.5. The molecule has 0 aliphatic carbocycles. The van der Waals surface area contributed by atoms with Crippen LogP contribution in [0, 0.1) is 13.8 Å². The number of aliphatic hydroxyl groups is 1. The van der Waals surface area contributed by atoms with E-state index in [1.807, 2.05) is 35.6 Å². The number of benzene rings is 1. The number of fused-ring (bicyclic) bond motifs is 1. The van der Waals surface area contributed by atoms with Crippen LogP contribution >= 0.6 is 23.7 Å². The van der Waals surface area contributed by atoms with Gasteiger partial charge < -0.3 is 23.6 Å². The lowest BCUT2D eigenvalue weighted by molar-refractivity contribution is 0.0600. The van der Waals surface area contributed by atoms with E-state index in [4.69, 9.17) is 13.6 Å². The zero-order valence-corrected chi connectivity index (χ0v) is 20.3. The fourth-order valence-electron chi connectivity index (χ4n) is 4.38. The molecule has 176 valence electrons. The number of hydrogen-bond acceptors (Lipinski definition) is 8. The van der Waals surface area contributed by atoms with Crippen molar-refractivity contribution >= 4 is 34.7 Å². The Hall–Kier alpha value is -2.39. The second kappa shape index (κ2) is 10.3. The Kier molecular flexibility index (Phi) is 7.38. The first kappa shape index (κ1) is 23.8. The van der Waals surface area contributed by atoms with Gasteiger partial charge in [-0.3, -0.25) is 0 Å². The molecule has 0 unspecified atom stereocenters. The molecule has 7 nitrogen and oxygen atoms in total. The Labute approximate surface area is 202 Å². The number of piperidine rings is 1. The molecule has 1 aromatic carbocycles. The van der Waals surface area contributed by atoms with E-state index in [-0.39, 0.29) is 19.0 Å². The summed E-state index contributed by atoms with van der Waals surface area (Å²) in [5.74, 6) is 2.64. The summed E-state index contributed by atoms with van der Waals surface area (Å²) in [6.45, 7) is 6.78. The predicted octanol–water partition coefficient (Wildman–Crippen LogP) is 5.20. The molecule has 1 aliphatic heterocycles. The number of ether oxygens (including phenoxy) is 1. The van der Waals surface area contributed by atoms with Gasteiger partial charge >= 0.3 is 0 Å². The first-order valence-electron chi connectivity index (χ1n) is 11.0. The highest BCUT2D eigenvalue weighted by atomic mass is 35.5. The molecule has 9 heteroatoms. The van der Waals surface area contributed by atoms with E-state index < -0.39 is 6.10 Å². The van der Waals surface area contributed by atoms with E-state index in [1.165, 1.54) is 10.4 Å². The monoisotopic (exact) mass is 489 g/mol. The Balaban J connectivity index is 0.00000259. The Morgan fingerprint density at radius 2 is 2.00 bits per heavy atom. The maximum Gasteiger partial charge on any atom is 0.283 e. The number of aryl methyl sites for hydroxylation is 2. The normalized spacial score (nSPS) is 16.1. The smallest absolute Gasteiger partial charge is 0.283 e. The van der Waals surface area contributed by atoms with Gasteiger partial charge in [0, 0.05) is 24.4 Å². The molecule has 1 aliphatic rings. The van der Waals surface area contributed by atoms with Crippen molar-refractivity contribution in [3.05, 3.63) is 52.0 Å². The lowest BCUT2D eigenvalue weighted by Crippen LogP contribution is -2.40. The Morgan fingerprint density at radius 1 is 1.18 bits per heavy atom. The second-order valence-corrected chi connectivity index (χ2v) is 9.36. The zero-order chi connectivity index (χ0) is 22.1. The van der Waals surface area contributed by atoms with Crippen molar-refractivity contribution in [2.45, 2.75) is 38.7 Å². The molecule has 1 atom stereocenters. The number of aliphatic hydroxyl groups excluding tert-OH is 1. The molecule has 0 saturated carbocycles. The van der Waals surface area contributed by atoms with E-state index >= 15 is 0 Å². The molecule has 0 radical (unpaired) electrons. The zero-order valence-electron chi connectivity index (χ0n) is 18.7. The minimum atomic E-state index is -0.560. The van der Waals surface area contributed by atoms with Crippen molar-refractivity contribution < 1.29 is 18.7 Å². The van der Waals surface area contributed by atoms with Gasteiger partial charge in [-0.2, -0.15) is 0 Å². The molecule has 1 N–H and O–H groups in total. The molecule has 0 amide bonds. The minimum Gasteiger partial charge on any atom is -0.490 e. The third-order valence-electron chi connectivity index (χ3n) is 6.02. The SMILES string of the molecule is Cc1nnc(-c2cc3c(OC[C@@H](O)CN4CCC(c5sccc5C)CC4)cccc3o2)o1.Cl. The van der Waals surface area contributed by atoms with Gasteiger partial charge in [0.2, 0.25) is 5.89 Å². The number of likely N-dealkylation sites (tertiary alicyclic amines) is 1.